The summed E-state index contributed by atoms with van der Waals surface area (Å²) in [7, 11) is 3.14. The van der Waals surface area contributed by atoms with Crippen molar-refractivity contribution >= 4 is 29.4 Å². The van der Waals surface area contributed by atoms with Crippen LogP contribution in [0.15, 0.2) is 79.0 Å². The van der Waals surface area contributed by atoms with Crippen LogP contribution in [0.2, 0.25) is 5.02 Å². The predicted octanol–water partition coefficient (Wildman–Crippen LogP) is 5.95. The van der Waals surface area contributed by atoms with E-state index >= 15 is 0 Å². The van der Waals surface area contributed by atoms with Crippen LogP contribution in [0.5, 0.6) is 11.5 Å². The van der Waals surface area contributed by atoms with Crippen molar-refractivity contribution in [1.82, 2.24) is 14.5 Å². The lowest BCUT2D eigenvalue weighted by molar-refractivity contribution is -0.117. The van der Waals surface area contributed by atoms with Crippen LogP contribution in [-0.2, 0) is 4.79 Å². The number of ether oxygens (including phenoxy) is 2. The summed E-state index contributed by atoms with van der Waals surface area (Å²) in [6, 6.07) is 21.6. The average molecular weight is 547 g/mol. The van der Waals surface area contributed by atoms with Crippen molar-refractivity contribution in [2.45, 2.75) is 13.8 Å². The van der Waals surface area contributed by atoms with Gasteiger partial charge in [0, 0.05) is 47.1 Å². The van der Waals surface area contributed by atoms with Crippen LogP contribution < -0.4 is 14.8 Å². The van der Waals surface area contributed by atoms with Gasteiger partial charge in [-0.3, -0.25) is 19.5 Å². The molecule has 0 saturated heterocycles. The third kappa shape index (κ3) is 6.97. The van der Waals surface area contributed by atoms with Gasteiger partial charge in [-0.2, -0.15) is 0 Å². The number of nitrogens with zero attached hydrogens (tertiary/aromatic N) is 3. The maximum atomic E-state index is 13.3. The summed E-state index contributed by atoms with van der Waals surface area (Å²) in [5.74, 6) is 1.05. The number of carbonyl (C=O) groups excluding carboxylic acids is 2. The lowest BCUT2D eigenvalue weighted by atomic mass is 10.1. The van der Waals surface area contributed by atoms with Gasteiger partial charge in [-0.05, 0) is 30.2 Å². The number of benzene rings is 3. The zero-order valence-electron chi connectivity index (χ0n) is 22.3. The molecule has 0 spiro atoms. The highest BCUT2D eigenvalue weighted by atomic mass is 35.5. The Bertz CT molecular complexity index is 1410. The van der Waals surface area contributed by atoms with Crippen LogP contribution in [-0.4, -0.2) is 53.6 Å². The Morgan fingerprint density at radius 2 is 1.62 bits per heavy atom. The van der Waals surface area contributed by atoms with Crippen molar-refractivity contribution in [3.63, 3.8) is 0 Å². The minimum Gasteiger partial charge on any atom is -0.497 e. The number of imidazole rings is 1. The minimum atomic E-state index is -0.371. The molecule has 3 aromatic carbocycles. The molecule has 0 fully saturated rings. The van der Waals surface area contributed by atoms with Gasteiger partial charge in [-0.1, -0.05) is 55.8 Å². The molecule has 0 aliphatic rings. The first-order valence-corrected chi connectivity index (χ1v) is 12.9. The molecule has 4 aromatic rings. The molecule has 1 heterocycles. The smallest absolute Gasteiger partial charge is 0.254 e. The molecule has 0 atom stereocenters. The summed E-state index contributed by atoms with van der Waals surface area (Å²) in [5.41, 5.74) is 2.65. The van der Waals surface area contributed by atoms with E-state index in [9.17, 15) is 9.59 Å². The third-order valence-electron chi connectivity index (χ3n) is 5.94. The van der Waals surface area contributed by atoms with Gasteiger partial charge in [0.2, 0.25) is 11.9 Å². The molecule has 0 aliphatic carbocycles. The van der Waals surface area contributed by atoms with E-state index in [0.717, 1.165) is 5.56 Å². The molecule has 0 saturated carbocycles. The highest BCUT2D eigenvalue weighted by Gasteiger charge is 2.22. The van der Waals surface area contributed by atoms with Crippen molar-refractivity contribution in [3.05, 3.63) is 89.6 Å². The van der Waals surface area contributed by atoms with E-state index in [1.807, 2.05) is 50.4 Å². The molecule has 1 N–H and O–H groups in total. The second kappa shape index (κ2) is 12.5. The first-order valence-electron chi connectivity index (χ1n) is 12.5. The van der Waals surface area contributed by atoms with Gasteiger partial charge in [-0.25, -0.2) is 4.98 Å². The summed E-state index contributed by atoms with van der Waals surface area (Å²) >= 11 is 6.08. The van der Waals surface area contributed by atoms with Crippen LogP contribution in [0.1, 0.15) is 24.2 Å². The van der Waals surface area contributed by atoms with Crippen molar-refractivity contribution < 1.29 is 19.1 Å². The molecule has 4 rings (SSSR count). The van der Waals surface area contributed by atoms with Gasteiger partial charge < -0.3 is 14.4 Å². The number of carbonyl (C=O) groups is 2. The number of amides is 2. The van der Waals surface area contributed by atoms with E-state index in [1.54, 1.807) is 66.2 Å². The molecule has 8 nitrogen and oxygen atoms in total. The van der Waals surface area contributed by atoms with Crippen LogP contribution in [0.3, 0.4) is 0 Å². The minimum absolute atomic E-state index is 0.128. The van der Waals surface area contributed by atoms with Crippen LogP contribution >= 0.6 is 11.6 Å². The fourth-order valence-electron chi connectivity index (χ4n) is 4.12. The third-order valence-corrected chi connectivity index (χ3v) is 6.19. The first kappa shape index (κ1) is 27.7. The first-order chi connectivity index (χ1) is 18.8. The maximum absolute atomic E-state index is 13.3. The van der Waals surface area contributed by atoms with Gasteiger partial charge >= 0.3 is 0 Å². The monoisotopic (exact) mass is 546 g/mol. The van der Waals surface area contributed by atoms with Gasteiger partial charge in [0.1, 0.15) is 18.0 Å². The summed E-state index contributed by atoms with van der Waals surface area (Å²) in [6.45, 7) is 4.31. The number of hydrogen-bond donors (Lipinski definition) is 1. The van der Waals surface area contributed by atoms with Gasteiger partial charge in [0.15, 0.2) is 0 Å². The van der Waals surface area contributed by atoms with E-state index in [0.29, 0.717) is 40.0 Å². The molecule has 0 unspecified atom stereocenters. The predicted molar refractivity (Wildman–Crippen MR) is 153 cm³/mol. The lowest BCUT2D eigenvalue weighted by Gasteiger charge is -2.24. The van der Waals surface area contributed by atoms with Crippen molar-refractivity contribution in [2.24, 2.45) is 5.92 Å². The standard InChI is InChI=1S/C30H31ClN4O4/c1-20(2)17-34(29(37)22-8-6-5-7-9-22)19-28(36)33-30-32-27(21-10-12-23(31)13-11-21)18-35(30)24-14-25(38-3)16-26(15-24)39-4/h5-16,18,20H,17,19H2,1-4H3,(H,32,33,36). The summed E-state index contributed by atoms with van der Waals surface area (Å²) in [6.07, 6.45) is 1.81. The largest absolute Gasteiger partial charge is 0.497 e. The quantitative estimate of drug-likeness (QED) is 0.266. The number of methoxy groups -OCH3 is 2. The second-order valence-corrected chi connectivity index (χ2v) is 9.83. The van der Waals surface area contributed by atoms with Gasteiger partial charge in [-0.15, -0.1) is 0 Å². The molecule has 2 amide bonds. The summed E-state index contributed by atoms with van der Waals surface area (Å²) in [4.78, 5) is 32.8. The fraction of sp³-hybridized carbons (Fsp3) is 0.233. The molecule has 1 aromatic heterocycles. The Morgan fingerprint density at radius 1 is 0.974 bits per heavy atom. The van der Waals surface area contributed by atoms with E-state index < -0.39 is 0 Å². The molecule has 202 valence electrons. The van der Waals surface area contributed by atoms with Crippen LogP contribution in [0, 0.1) is 5.92 Å². The normalized spacial score (nSPS) is 10.8. The lowest BCUT2D eigenvalue weighted by Crippen LogP contribution is -2.40. The van der Waals surface area contributed by atoms with E-state index in [4.69, 9.17) is 26.1 Å². The Kier molecular flexibility index (Phi) is 8.88. The molecular formula is C30H31ClN4O4. The number of rotatable bonds is 10. The molecule has 0 bridgehead atoms. The summed E-state index contributed by atoms with van der Waals surface area (Å²) in [5, 5.41) is 3.52. The Labute approximate surface area is 233 Å². The number of nitrogens with one attached hydrogen (secondary N) is 1. The zero-order chi connectivity index (χ0) is 27.9. The SMILES string of the molecule is COc1cc(OC)cc(-n2cc(-c3ccc(Cl)cc3)nc2NC(=O)CN(CC(C)C)C(=O)c2ccccc2)c1. The zero-order valence-corrected chi connectivity index (χ0v) is 23.1. The number of aromatic nitrogens is 2. The van der Waals surface area contributed by atoms with Crippen molar-refractivity contribution in [1.29, 1.82) is 0 Å². The van der Waals surface area contributed by atoms with E-state index in [-0.39, 0.29) is 30.2 Å². The Hall–Kier alpha value is -4.30. The molecule has 0 aliphatic heterocycles. The Balaban J connectivity index is 1.68. The van der Waals surface area contributed by atoms with Crippen molar-refractivity contribution in [2.75, 3.05) is 32.6 Å². The highest BCUT2D eigenvalue weighted by Crippen LogP contribution is 2.30. The number of anilines is 1. The average Bonchev–Trinajstić information content (AvgIpc) is 3.36. The number of hydrogen-bond acceptors (Lipinski definition) is 5. The van der Waals surface area contributed by atoms with Crippen molar-refractivity contribution in [3.8, 4) is 28.4 Å². The van der Waals surface area contributed by atoms with Crippen LogP contribution in [0.4, 0.5) is 5.95 Å². The van der Waals surface area contributed by atoms with E-state index in [2.05, 4.69) is 5.32 Å². The van der Waals surface area contributed by atoms with E-state index in [1.165, 1.54) is 0 Å². The van der Waals surface area contributed by atoms with Crippen LogP contribution in [0.25, 0.3) is 16.9 Å². The molecule has 9 heteroatoms. The summed E-state index contributed by atoms with van der Waals surface area (Å²) < 4.78 is 12.6. The fourth-order valence-corrected chi connectivity index (χ4v) is 4.24. The Morgan fingerprint density at radius 3 is 2.21 bits per heavy atom. The molecular weight excluding hydrogens is 516 g/mol. The molecule has 0 radical (unpaired) electrons. The second-order valence-electron chi connectivity index (χ2n) is 9.39. The highest BCUT2D eigenvalue weighted by molar-refractivity contribution is 6.30. The molecule has 39 heavy (non-hydrogen) atoms. The van der Waals surface area contributed by atoms with Gasteiger partial charge in [0.25, 0.3) is 5.91 Å². The van der Waals surface area contributed by atoms with Gasteiger partial charge in [0.05, 0.1) is 25.6 Å². The maximum Gasteiger partial charge on any atom is 0.254 e. The topological polar surface area (TPSA) is 85.7 Å². The number of halogens is 1.